The van der Waals surface area contributed by atoms with Crippen LogP contribution in [0.15, 0.2) is 38.5 Å². The molecule has 0 atom stereocenters. The van der Waals surface area contributed by atoms with Gasteiger partial charge in [-0.05, 0) is 37.5 Å². The number of thioether (sulfide) groups is 1. The van der Waals surface area contributed by atoms with Gasteiger partial charge in [-0.2, -0.15) is 0 Å². The second-order valence-electron chi connectivity index (χ2n) is 5.61. The Hall–Kier alpha value is -2.28. The number of oxazole rings is 2. The Balaban J connectivity index is 1.41. The number of benzene rings is 1. The highest BCUT2D eigenvalue weighted by Gasteiger charge is 2.25. The highest BCUT2D eigenvalue weighted by Crippen LogP contribution is 2.26. The maximum atomic E-state index is 11.9. The molecule has 0 aliphatic heterocycles. The van der Waals surface area contributed by atoms with E-state index < -0.39 is 0 Å². The van der Waals surface area contributed by atoms with E-state index in [1.807, 2.05) is 25.1 Å². The number of carbonyl (C=O) groups is 1. The largest absolute Gasteiger partial charge is 0.447 e. The first-order valence-corrected chi connectivity index (χ1v) is 8.41. The summed E-state index contributed by atoms with van der Waals surface area (Å²) in [5.41, 5.74) is 3.06. The first-order valence-electron chi connectivity index (χ1n) is 7.42. The lowest BCUT2D eigenvalue weighted by atomic mass is 10.2. The minimum Gasteiger partial charge on any atom is -0.447 e. The molecular weight excluding hydrogens is 314 g/mol. The van der Waals surface area contributed by atoms with Crippen LogP contribution in [0.5, 0.6) is 0 Å². The summed E-state index contributed by atoms with van der Waals surface area (Å²) in [7, 11) is 0. The van der Waals surface area contributed by atoms with Gasteiger partial charge in [0.05, 0.1) is 5.75 Å². The van der Waals surface area contributed by atoms with Gasteiger partial charge in [-0.3, -0.25) is 4.79 Å². The van der Waals surface area contributed by atoms with E-state index in [0.717, 1.165) is 29.5 Å². The number of hydrogen-bond acceptors (Lipinski definition) is 6. The van der Waals surface area contributed by atoms with Crippen LogP contribution >= 0.6 is 11.8 Å². The fraction of sp³-hybridized carbons (Fsp3) is 0.312. The van der Waals surface area contributed by atoms with Gasteiger partial charge in [0, 0.05) is 6.04 Å². The second kappa shape index (κ2) is 5.73. The lowest BCUT2D eigenvalue weighted by Gasteiger charge is -1.97. The highest BCUT2D eigenvalue weighted by atomic mass is 32.2. The van der Waals surface area contributed by atoms with Gasteiger partial charge in [0.1, 0.15) is 11.8 Å². The fourth-order valence-corrected chi connectivity index (χ4v) is 2.86. The summed E-state index contributed by atoms with van der Waals surface area (Å²) in [5.74, 6) is 0.766. The molecular formula is C16H15N3O3S. The first kappa shape index (κ1) is 14.3. The lowest BCUT2D eigenvalue weighted by Crippen LogP contribution is -2.25. The summed E-state index contributed by atoms with van der Waals surface area (Å²) in [6.45, 7) is 2.02. The zero-order chi connectivity index (χ0) is 15.8. The topological polar surface area (TPSA) is 81.2 Å². The predicted molar refractivity (Wildman–Crippen MR) is 85.3 cm³/mol. The van der Waals surface area contributed by atoms with E-state index in [1.54, 1.807) is 0 Å². The average Bonchev–Trinajstić information content (AvgIpc) is 3.07. The van der Waals surface area contributed by atoms with Crippen molar-refractivity contribution in [3.63, 3.8) is 0 Å². The van der Waals surface area contributed by atoms with Crippen molar-refractivity contribution >= 4 is 28.8 Å². The predicted octanol–water partition coefficient (Wildman–Crippen LogP) is 3.31. The van der Waals surface area contributed by atoms with Crippen molar-refractivity contribution < 1.29 is 13.6 Å². The van der Waals surface area contributed by atoms with Crippen molar-refractivity contribution in [2.24, 2.45) is 0 Å². The third-order valence-electron chi connectivity index (χ3n) is 3.54. The van der Waals surface area contributed by atoms with Crippen LogP contribution in [0.3, 0.4) is 0 Å². The van der Waals surface area contributed by atoms with Gasteiger partial charge in [-0.25, -0.2) is 9.97 Å². The molecule has 7 heteroatoms. The molecule has 1 aromatic carbocycles. The molecule has 3 aromatic rings. The summed E-state index contributed by atoms with van der Waals surface area (Å²) in [4.78, 5) is 20.5. The molecule has 1 amide bonds. The second-order valence-corrected chi connectivity index (χ2v) is 6.54. The number of rotatable bonds is 5. The maximum Gasteiger partial charge on any atom is 0.273 e. The summed E-state index contributed by atoms with van der Waals surface area (Å²) in [6.07, 6.45) is 3.48. The molecule has 0 bridgehead atoms. The van der Waals surface area contributed by atoms with Gasteiger partial charge in [0.15, 0.2) is 11.3 Å². The SMILES string of the molecule is Cc1ccc2oc(SCc3nc(C(=O)NC4CC4)co3)nc2c1. The molecule has 118 valence electrons. The van der Waals surface area contributed by atoms with Crippen LogP contribution in [-0.2, 0) is 5.75 Å². The smallest absolute Gasteiger partial charge is 0.273 e. The van der Waals surface area contributed by atoms with E-state index in [0.29, 0.717) is 28.6 Å². The Morgan fingerprint density at radius 3 is 3.09 bits per heavy atom. The maximum absolute atomic E-state index is 11.9. The molecule has 0 saturated heterocycles. The molecule has 0 spiro atoms. The zero-order valence-electron chi connectivity index (χ0n) is 12.5. The first-order chi connectivity index (χ1) is 11.2. The van der Waals surface area contributed by atoms with Crippen molar-refractivity contribution in [1.29, 1.82) is 0 Å². The molecule has 1 fully saturated rings. The fourth-order valence-electron chi connectivity index (χ4n) is 2.17. The number of aryl methyl sites for hydroxylation is 1. The van der Waals surface area contributed by atoms with Crippen molar-refractivity contribution in [2.75, 3.05) is 0 Å². The Kier molecular flexibility index (Phi) is 3.57. The van der Waals surface area contributed by atoms with E-state index in [-0.39, 0.29) is 5.91 Å². The van der Waals surface area contributed by atoms with Crippen molar-refractivity contribution in [3.8, 4) is 0 Å². The van der Waals surface area contributed by atoms with Gasteiger partial charge in [0.2, 0.25) is 5.89 Å². The Labute approximate surface area is 136 Å². The summed E-state index contributed by atoms with van der Waals surface area (Å²) in [5, 5.41) is 3.44. The molecule has 2 aromatic heterocycles. The van der Waals surface area contributed by atoms with E-state index >= 15 is 0 Å². The zero-order valence-corrected chi connectivity index (χ0v) is 13.4. The monoisotopic (exact) mass is 329 g/mol. The third-order valence-corrected chi connectivity index (χ3v) is 4.35. The quantitative estimate of drug-likeness (QED) is 0.723. The van der Waals surface area contributed by atoms with Crippen LogP contribution < -0.4 is 5.32 Å². The molecule has 1 N–H and O–H groups in total. The number of carbonyl (C=O) groups excluding carboxylic acids is 1. The molecule has 2 heterocycles. The van der Waals surface area contributed by atoms with Crippen LogP contribution in [0.2, 0.25) is 0 Å². The van der Waals surface area contributed by atoms with E-state index in [4.69, 9.17) is 8.83 Å². The van der Waals surface area contributed by atoms with Gasteiger partial charge < -0.3 is 14.2 Å². The van der Waals surface area contributed by atoms with Crippen molar-refractivity contribution in [2.45, 2.75) is 36.8 Å². The molecule has 0 unspecified atom stereocenters. The van der Waals surface area contributed by atoms with Crippen LogP contribution in [0.1, 0.15) is 34.8 Å². The molecule has 4 rings (SSSR count). The number of aromatic nitrogens is 2. The Bertz CT molecular complexity index is 866. The number of nitrogens with zero attached hydrogens (tertiary/aromatic N) is 2. The van der Waals surface area contributed by atoms with E-state index in [1.165, 1.54) is 18.0 Å². The van der Waals surface area contributed by atoms with Crippen molar-refractivity contribution in [3.05, 3.63) is 41.6 Å². The van der Waals surface area contributed by atoms with Crippen molar-refractivity contribution in [1.82, 2.24) is 15.3 Å². The molecule has 1 aliphatic rings. The highest BCUT2D eigenvalue weighted by molar-refractivity contribution is 7.98. The van der Waals surface area contributed by atoms with Gasteiger partial charge >= 0.3 is 0 Å². The summed E-state index contributed by atoms with van der Waals surface area (Å²) in [6, 6.07) is 6.18. The van der Waals surface area contributed by atoms with Gasteiger partial charge in [0.25, 0.3) is 11.1 Å². The molecule has 0 radical (unpaired) electrons. The Morgan fingerprint density at radius 2 is 2.26 bits per heavy atom. The number of nitrogens with one attached hydrogen (secondary N) is 1. The van der Waals surface area contributed by atoms with E-state index in [9.17, 15) is 4.79 Å². The average molecular weight is 329 g/mol. The van der Waals surface area contributed by atoms with Gasteiger partial charge in [-0.15, -0.1) is 0 Å². The summed E-state index contributed by atoms with van der Waals surface area (Å²) < 4.78 is 11.0. The van der Waals surface area contributed by atoms with Crippen LogP contribution in [-0.4, -0.2) is 21.9 Å². The summed E-state index contributed by atoms with van der Waals surface area (Å²) >= 11 is 1.39. The number of amides is 1. The Morgan fingerprint density at radius 1 is 1.39 bits per heavy atom. The van der Waals surface area contributed by atoms with Crippen LogP contribution in [0, 0.1) is 6.92 Å². The number of hydrogen-bond donors (Lipinski definition) is 1. The molecule has 23 heavy (non-hydrogen) atoms. The lowest BCUT2D eigenvalue weighted by molar-refractivity contribution is 0.0946. The van der Waals surface area contributed by atoms with Gasteiger partial charge in [-0.1, -0.05) is 17.8 Å². The molecule has 1 aliphatic carbocycles. The minimum absolute atomic E-state index is 0.176. The molecule has 6 nitrogen and oxygen atoms in total. The standard InChI is InChI=1S/C16H15N3O3S/c1-9-2-5-13-11(6-9)19-16(22-13)23-8-14-18-12(7-21-14)15(20)17-10-3-4-10/h2,5-7,10H,3-4,8H2,1H3,(H,17,20). The van der Waals surface area contributed by atoms with Crippen LogP contribution in [0.4, 0.5) is 0 Å². The number of fused-ring (bicyclic) bond motifs is 1. The van der Waals surface area contributed by atoms with Crippen LogP contribution in [0.25, 0.3) is 11.1 Å². The minimum atomic E-state index is -0.176. The van der Waals surface area contributed by atoms with E-state index in [2.05, 4.69) is 15.3 Å². The molecule has 1 saturated carbocycles. The normalized spacial score (nSPS) is 14.3. The third kappa shape index (κ3) is 3.24.